The van der Waals surface area contributed by atoms with Crippen molar-refractivity contribution in [2.24, 2.45) is 0 Å². The van der Waals surface area contributed by atoms with Gasteiger partial charge in [-0.25, -0.2) is 9.97 Å². The maximum absolute atomic E-state index is 5.18. The molecule has 3 rings (SSSR count). The van der Waals surface area contributed by atoms with Gasteiger partial charge in [0.2, 0.25) is 0 Å². The first kappa shape index (κ1) is 14.3. The number of hydrogen-bond donors (Lipinski definition) is 1. The van der Waals surface area contributed by atoms with Gasteiger partial charge < -0.3 is 15.0 Å². The number of ether oxygens (including phenoxy) is 1. The van der Waals surface area contributed by atoms with Gasteiger partial charge >= 0.3 is 0 Å². The van der Waals surface area contributed by atoms with E-state index in [0.717, 1.165) is 43.5 Å². The largest absolute Gasteiger partial charge is 0.377 e. The molecule has 0 spiro atoms. The fraction of sp³-hybridized carbons (Fsp3) is 0.467. The van der Waals surface area contributed by atoms with E-state index in [0.29, 0.717) is 6.61 Å². The lowest BCUT2D eigenvalue weighted by molar-refractivity contribution is 0.178. The van der Waals surface area contributed by atoms with Gasteiger partial charge in [0.05, 0.1) is 0 Å². The average molecular weight is 304 g/mol. The van der Waals surface area contributed by atoms with Crippen molar-refractivity contribution in [2.45, 2.75) is 26.5 Å². The zero-order valence-corrected chi connectivity index (χ0v) is 13.2. The molecule has 3 heterocycles. The Hall–Kier alpha value is -1.66. The molecule has 112 valence electrons. The van der Waals surface area contributed by atoms with Crippen molar-refractivity contribution in [1.29, 1.82) is 0 Å². The first-order valence-electron chi connectivity index (χ1n) is 7.21. The molecule has 6 heteroatoms. The Labute approximate surface area is 129 Å². The van der Waals surface area contributed by atoms with Crippen LogP contribution in [-0.4, -0.2) is 30.2 Å². The molecule has 0 atom stereocenters. The van der Waals surface area contributed by atoms with Crippen molar-refractivity contribution in [2.75, 3.05) is 30.4 Å². The van der Waals surface area contributed by atoms with E-state index >= 15 is 0 Å². The highest BCUT2D eigenvalue weighted by Gasteiger charge is 2.19. The second-order valence-corrected chi connectivity index (χ2v) is 6.03. The summed E-state index contributed by atoms with van der Waals surface area (Å²) in [5, 5.41) is 5.44. The zero-order chi connectivity index (χ0) is 14.7. The van der Waals surface area contributed by atoms with Crippen LogP contribution in [-0.2, 0) is 24.3 Å². The molecular formula is C15H20N4OS. The minimum Gasteiger partial charge on any atom is -0.377 e. The summed E-state index contributed by atoms with van der Waals surface area (Å²) in [5.41, 5.74) is 1.42. The van der Waals surface area contributed by atoms with Crippen molar-refractivity contribution in [3.63, 3.8) is 0 Å². The van der Waals surface area contributed by atoms with Crippen molar-refractivity contribution >= 4 is 23.0 Å². The molecular weight excluding hydrogens is 284 g/mol. The number of aromatic nitrogens is 2. The highest BCUT2D eigenvalue weighted by Crippen LogP contribution is 2.27. The van der Waals surface area contributed by atoms with Crippen LogP contribution in [0.3, 0.4) is 0 Å². The summed E-state index contributed by atoms with van der Waals surface area (Å²) >= 11 is 1.85. The Morgan fingerprint density at radius 1 is 1.43 bits per heavy atom. The standard InChI is InChI=1S/C15H20N4OS/c1-3-16-13-8-15(18-14(17-13)10-20-2)19-6-4-12-11(9-19)5-7-21-12/h5,7-8H,3-4,6,9-10H2,1-2H3,(H,16,17,18). The van der Waals surface area contributed by atoms with Crippen molar-refractivity contribution in [1.82, 2.24) is 9.97 Å². The number of thiophene rings is 1. The monoisotopic (exact) mass is 304 g/mol. The van der Waals surface area contributed by atoms with Gasteiger partial charge in [0.15, 0.2) is 5.82 Å². The number of anilines is 2. The van der Waals surface area contributed by atoms with E-state index in [2.05, 4.69) is 38.6 Å². The predicted molar refractivity (Wildman–Crippen MR) is 86.0 cm³/mol. The molecule has 0 amide bonds. The van der Waals surface area contributed by atoms with E-state index in [1.165, 1.54) is 10.4 Å². The van der Waals surface area contributed by atoms with Crippen LogP contribution in [0, 0.1) is 0 Å². The van der Waals surface area contributed by atoms with E-state index in [-0.39, 0.29) is 0 Å². The Bertz CT molecular complexity index is 589. The topological polar surface area (TPSA) is 50.3 Å². The van der Waals surface area contributed by atoms with Gasteiger partial charge in [-0.15, -0.1) is 11.3 Å². The van der Waals surface area contributed by atoms with Gasteiger partial charge in [-0.05, 0) is 30.4 Å². The fourth-order valence-electron chi connectivity index (χ4n) is 2.55. The summed E-state index contributed by atoms with van der Waals surface area (Å²) in [6.07, 6.45) is 1.09. The van der Waals surface area contributed by atoms with Gasteiger partial charge in [0.1, 0.15) is 18.2 Å². The van der Waals surface area contributed by atoms with Crippen LogP contribution in [0.4, 0.5) is 11.6 Å². The maximum atomic E-state index is 5.18. The Morgan fingerprint density at radius 3 is 3.14 bits per heavy atom. The number of methoxy groups -OCH3 is 1. The molecule has 0 aromatic carbocycles. The highest BCUT2D eigenvalue weighted by molar-refractivity contribution is 7.10. The Kier molecular flexibility index (Phi) is 4.36. The van der Waals surface area contributed by atoms with E-state index < -0.39 is 0 Å². The first-order chi connectivity index (χ1) is 10.3. The third-order valence-corrected chi connectivity index (χ3v) is 4.54. The molecule has 0 radical (unpaired) electrons. The minimum atomic E-state index is 0.434. The third kappa shape index (κ3) is 3.16. The van der Waals surface area contributed by atoms with Crippen LogP contribution < -0.4 is 10.2 Å². The van der Waals surface area contributed by atoms with Crippen molar-refractivity contribution in [3.8, 4) is 0 Å². The van der Waals surface area contributed by atoms with Gasteiger partial charge in [-0.2, -0.15) is 0 Å². The van der Waals surface area contributed by atoms with Crippen molar-refractivity contribution < 1.29 is 4.74 Å². The molecule has 1 aliphatic heterocycles. The zero-order valence-electron chi connectivity index (χ0n) is 12.4. The summed E-state index contributed by atoms with van der Waals surface area (Å²) < 4.78 is 5.18. The SMILES string of the molecule is CCNc1cc(N2CCc3sccc3C2)nc(COC)n1. The first-order valence-corrected chi connectivity index (χ1v) is 8.09. The quantitative estimate of drug-likeness (QED) is 0.920. The molecule has 0 fully saturated rings. The molecule has 2 aromatic heterocycles. The van der Waals surface area contributed by atoms with E-state index in [1.807, 2.05) is 17.4 Å². The summed E-state index contributed by atoms with van der Waals surface area (Å²) in [6.45, 7) is 5.27. The summed E-state index contributed by atoms with van der Waals surface area (Å²) in [7, 11) is 1.67. The maximum Gasteiger partial charge on any atom is 0.158 e. The molecule has 0 aliphatic carbocycles. The third-order valence-electron chi connectivity index (χ3n) is 3.52. The second kappa shape index (κ2) is 6.41. The van der Waals surface area contributed by atoms with Gasteiger partial charge in [-0.3, -0.25) is 0 Å². The summed E-state index contributed by atoms with van der Waals surface area (Å²) in [4.78, 5) is 12.9. The second-order valence-electron chi connectivity index (χ2n) is 5.03. The van der Waals surface area contributed by atoms with Gasteiger partial charge in [0.25, 0.3) is 0 Å². The Balaban J connectivity index is 1.87. The number of rotatable bonds is 5. The van der Waals surface area contributed by atoms with Crippen LogP contribution in [0.25, 0.3) is 0 Å². The molecule has 0 saturated heterocycles. The molecule has 2 aromatic rings. The normalized spacial score (nSPS) is 14.1. The number of nitrogens with zero attached hydrogens (tertiary/aromatic N) is 3. The lowest BCUT2D eigenvalue weighted by Gasteiger charge is -2.28. The van der Waals surface area contributed by atoms with Crippen LogP contribution in [0.15, 0.2) is 17.5 Å². The predicted octanol–water partition coefficient (Wildman–Crippen LogP) is 2.68. The van der Waals surface area contributed by atoms with E-state index in [1.54, 1.807) is 7.11 Å². The number of nitrogens with one attached hydrogen (secondary N) is 1. The lowest BCUT2D eigenvalue weighted by Crippen LogP contribution is -2.30. The Morgan fingerprint density at radius 2 is 2.33 bits per heavy atom. The van der Waals surface area contributed by atoms with Gasteiger partial charge in [-0.1, -0.05) is 0 Å². The van der Waals surface area contributed by atoms with Crippen LogP contribution in [0.2, 0.25) is 0 Å². The van der Waals surface area contributed by atoms with Crippen molar-refractivity contribution in [3.05, 3.63) is 33.8 Å². The van der Waals surface area contributed by atoms with Gasteiger partial charge in [0, 0.05) is 37.7 Å². The molecule has 1 N–H and O–H groups in total. The van der Waals surface area contributed by atoms with Crippen LogP contribution in [0.1, 0.15) is 23.2 Å². The van der Waals surface area contributed by atoms with E-state index in [4.69, 9.17) is 4.74 Å². The number of fused-ring (bicyclic) bond motifs is 1. The highest BCUT2D eigenvalue weighted by atomic mass is 32.1. The average Bonchev–Trinajstić information content (AvgIpc) is 2.95. The van der Waals surface area contributed by atoms with Crippen LogP contribution >= 0.6 is 11.3 Å². The molecule has 5 nitrogen and oxygen atoms in total. The number of hydrogen-bond acceptors (Lipinski definition) is 6. The van der Waals surface area contributed by atoms with Crippen LogP contribution in [0.5, 0.6) is 0 Å². The summed E-state index contributed by atoms with van der Waals surface area (Å²) in [6, 6.07) is 4.24. The minimum absolute atomic E-state index is 0.434. The molecule has 0 saturated carbocycles. The molecule has 21 heavy (non-hydrogen) atoms. The van der Waals surface area contributed by atoms with E-state index in [9.17, 15) is 0 Å². The molecule has 0 unspecified atom stereocenters. The molecule has 1 aliphatic rings. The smallest absolute Gasteiger partial charge is 0.158 e. The molecule has 0 bridgehead atoms. The lowest BCUT2D eigenvalue weighted by atomic mass is 10.1. The summed E-state index contributed by atoms with van der Waals surface area (Å²) in [5.74, 6) is 2.57. The fourth-order valence-corrected chi connectivity index (χ4v) is 3.44.